The molecule has 1 nitrogen and oxygen atoms in total. The standard InChI is InChI=1S/C11H8ClNS2/c12-7-3-4-8-14-11-13-9-5-1-2-6-10(9)15-11/h1-2,5-6H,7-8H2. The number of rotatable bonds is 2. The lowest BCUT2D eigenvalue weighted by molar-refractivity contribution is 1.31. The Bertz CT molecular complexity index is 477. The second-order valence-corrected chi connectivity index (χ2v) is 5.24. The van der Waals surface area contributed by atoms with E-state index >= 15 is 0 Å². The van der Waals surface area contributed by atoms with Gasteiger partial charge in [-0.1, -0.05) is 35.7 Å². The number of halogens is 1. The minimum absolute atomic E-state index is 0.403. The van der Waals surface area contributed by atoms with Crippen LogP contribution < -0.4 is 0 Å². The van der Waals surface area contributed by atoms with Gasteiger partial charge in [-0.25, -0.2) is 4.98 Å². The fraction of sp³-hybridized carbons (Fsp3) is 0.182. The van der Waals surface area contributed by atoms with E-state index in [1.165, 1.54) is 4.70 Å². The van der Waals surface area contributed by atoms with Crippen LogP contribution in [0.2, 0.25) is 0 Å². The predicted octanol–water partition coefficient (Wildman–Crippen LogP) is 3.63. The maximum Gasteiger partial charge on any atom is 0.152 e. The largest absolute Gasteiger partial charge is 0.230 e. The molecule has 0 unspecified atom stereocenters. The highest BCUT2D eigenvalue weighted by Gasteiger charge is 2.01. The Morgan fingerprint density at radius 2 is 2.20 bits per heavy atom. The number of benzene rings is 1. The third-order valence-corrected chi connectivity index (χ3v) is 3.93. The summed E-state index contributed by atoms with van der Waals surface area (Å²) in [6.45, 7) is 0. The van der Waals surface area contributed by atoms with Crippen molar-refractivity contribution in [3.63, 3.8) is 0 Å². The summed E-state index contributed by atoms with van der Waals surface area (Å²) in [5.74, 6) is 6.96. The van der Waals surface area contributed by atoms with E-state index in [0.717, 1.165) is 15.6 Å². The van der Waals surface area contributed by atoms with Crippen LogP contribution in [-0.4, -0.2) is 16.6 Å². The molecule has 0 aliphatic heterocycles. The number of thioether (sulfide) groups is 1. The van der Waals surface area contributed by atoms with Crippen molar-refractivity contribution in [2.24, 2.45) is 0 Å². The van der Waals surface area contributed by atoms with Crippen molar-refractivity contribution in [3.05, 3.63) is 24.3 Å². The van der Waals surface area contributed by atoms with Crippen molar-refractivity contribution < 1.29 is 0 Å². The van der Waals surface area contributed by atoms with E-state index in [-0.39, 0.29) is 0 Å². The van der Waals surface area contributed by atoms with E-state index in [1.807, 2.05) is 18.2 Å². The summed E-state index contributed by atoms with van der Waals surface area (Å²) >= 11 is 8.82. The van der Waals surface area contributed by atoms with Gasteiger partial charge in [0.2, 0.25) is 0 Å². The number of para-hydroxylation sites is 1. The van der Waals surface area contributed by atoms with Gasteiger partial charge in [0.15, 0.2) is 4.34 Å². The average molecular weight is 254 g/mol. The molecular formula is C11H8ClNS2. The number of fused-ring (bicyclic) bond motifs is 1. The zero-order valence-corrected chi connectivity index (χ0v) is 10.3. The van der Waals surface area contributed by atoms with Crippen LogP contribution >= 0.6 is 34.7 Å². The third-order valence-electron chi connectivity index (χ3n) is 1.73. The summed E-state index contributed by atoms with van der Waals surface area (Å²) in [4.78, 5) is 4.49. The lowest BCUT2D eigenvalue weighted by atomic mass is 10.3. The fourth-order valence-electron chi connectivity index (χ4n) is 1.11. The highest BCUT2D eigenvalue weighted by molar-refractivity contribution is 8.01. The molecule has 0 fully saturated rings. The molecule has 2 rings (SSSR count). The normalized spacial score (nSPS) is 9.93. The molecule has 1 aromatic heterocycles. The van der Waals surface area contributed by atoms with Crippen molar-refractivity contribution in [1.82, 2.24) is 4.98 Å². The lowest BCUT2D eigenvalue weighted by Crippen LogP contribution is -1.73. The van der Waals surface area contributed by atoms with Gasteiger partial charge in [0.05, 0.1) is 21.8 Å². The maximum atomic E-state index is 5.45. The first-order chi connectivity index (χ1) is 7.40. The molecule has 0 spiro atoms. The van der Waals surface area contributed by atoms with Crippen molar-refractivity contribution in [2.45, 2.75) is 4.34 Å². The van der Waals surface area contributed by atoms with Gasteiger partial charge >= 0.3 is 0 Å². The number of nitrogens with zero attached hydrogens (tertiary/aromatic N) is 1. The monoisotopic (exact) mass is 253 g/mol. The minimum atomic E-state index is 0.403. The first-order valence-electron chi connectivity index (χ1n) is 4.40. The zero-order valence-electron chi connectivity index (χ0n) is 7.87. The van der Waals surface area contributed by atoms with Crippen LogP contribution in [0.25, 0.3) is 10.2 Å². The Kier molecular flexibility index (Phi) is 3.90. The van der Waals surface area contributed by atoms with Gasteiger partial charge in [-0.15, -0.1) is 22.9 Å². The second-order valence-electron chi connectivity index (χ2n) is 2.72. The SMILES string of the molecule is ClCC#CCSc1nc2ccccc2s1. The van der Waals surface area contributed by atoms with Gasteiger partial charge in [-0.3, -0.25) is 0 Å². The maximum absolute atomic E-state index is 5.45. The van der Waals surface area contributed by atoms with Crippen molar-refractivity contribution >= 4 is 44.9 Å². The third kappa shape index (κ3) is 2.88. The quantitative estimate of drug-likeness (QED) is 0.461. The van der Waals surface area contributed by atoms with Gasteiger partial charge in [-0.2, -0.15) is 0 Å². The zero-order chi connectivity index (χ0) is 10.5. The molecule has 76 valence electrons. The molecule has 0 N–H and O–H groups in total. The van der Waals surface area contributed by atoms with Gasteiger partial charge in [0, 0.05) is 0 Å². The van der Waals surface area contributed by atoms with Gasteiger partial charge in [0.25, 0.3) is 0 Å². The van der Waals surface area contributed by atoms with E-state index in [1.54, 1.807) is 23.1 Å². The van der Waals surface area contributed by atoms with E-state index in [2.05, 4.69) is 22.9 Å². The van der Waals surface area contributed by atoms with Crippen molar-refractivity contribution in [2.75, 3.05) is 11.6 Å². The van der Waals surface area contributed by atoms with Gasteiger partial charge < -0.3 is 0 Å². The molecular weight excluding hydrogens is 246 g/mol. The Hall–Kier alpha value is -0.690. The summed E-state index contributed by atoms with van der Waals surface area (Å²) in [5, 5.41) is 0. The molecule has 15 heavy (non-hydrogen) atoms. The molecule has 1 aromatic carbocycles. The number of aromatic nitrogens is 1. The van der Waals surface area contributed by atoms with E-state index in [9.17, 15) is 0 Å². The molecule has 0 aliphatic carbocycles. The van der Waals surface area contributed by atoms with Crippen LogP contribution in [-0.2, 0) is 0 Å². The van der Waals surface area contributed by atoms with Crippen molar-refractivity contribution in [3.8, 4) is 11.8 Å². The van der Waals surface area contributed by atoms with Gasteiger partial charge in [0.1, 0.15) is 0 Å². The van der Waals surface area contributed by atoms with Crippen LogP contribution in [0.5, 0.6) is 0 Å². The predicted molar refractivity (Wildman–Crippen MR) is 68.8 cm³/mol. The Morgan fingerprint density at radius 1 is 1.33 bits per heavy atom. The Morgan fingerprint density at radius 3 is 3.00 bits per heavy atom. The van der Waals surface area contributed by atoms with Crippen LogP contribution in [0, 0.1) is 11.8 Å². The molecule has 2 aromatic rings. The van der Waals surface area contributed by atoms with Crippen LogP contribution in [0.1, 0.15) is 0 Å². The van der Waals surface area contributed by atoms with Crippen LogP contribution in [0.15, 0.2) is 28.6 Å². The van der Waals surface area contributed by atoms with E-state index < -0.39 is 0 Å². The Balaban J connectivity index is 2.09. The number of hydrogen-bond acceptors (Lipinski definition) is 3. The summed E-state index contributed by atoms with van der Waals surface area (Å²) in [6.07, 6.45) is 0. The van der Waals surface area contributed by atoms with Crippen LogP contribution in [0.4, 0.5) is 0 Å². The number of thiazole rings is 1. The first kappa shape index (κ1) is 10.8. The minimum Gasteiger partial charge on any atom is -0.230 e. The molecule has 1 heterocycles. The first-order valence-corrected chi connectivity index (χ1v) is 6.74. The molecule has 0 radical (unpaired) electrons. The summed E-state index contributed by atoms with van der Waals surface area (Å²) in [5.41, 5.74) is 1.07. The van der Waals surface area contributed by atoms with Gasteiger partial charge in [-0.05, 0) is 12.1 Å². The highest BCUT2D eigenvalue weighted by Crippen LogP contribution is 2.28. The molecule has 0 saturated heterocycles. The second kappa shape index (κ2) is 5.41. The smallest absolute Gasteiger partial charge is 0.152 e. The average Bonchev–Trinajstić information content (AvgIpc) is 2.67. The molecule has 0 aliphatic rings. The lowest BCUT2D eigenvalue weighted by Gasteiger charge is -1.85. The molecule has 0 amide bonds. The van der Waals surface area contributed by atoms with E-state index in [4.69, 9.17) is 11.6 Å². The fourth-order valence-corrected chi connectivity index (χ4v) is 3.04. The van der Waals surface area contributed by atoms with Crippen molar-refractivity contribution in [1.29, 1.82) is 0 Å². The topological polar surface area (TPSA) is 12.9 Å². The summed E-state index contributed by atoms with van der Waals surface area (Å²) < 4.78 is 2.30. The molecule has 4 heteroatoms. The summed E-state index contributed by atoms with van der Waals surface area (Å²) in [6, 6.07) is 8.15. The number of hydrogen-bond donors (Lipinski definition) is 0. The Labute approximate surface area is 102 Å². The molecule has 0 atom stereocenters. The van der Waals surface area contributed by atoms with Crippen LogP contribution in [0.3, 0.4) is 0 Å². The number of alkyl halides is 1. The molecule has 0 saturated carbocycles. The van der Waals surface area contributed by atoms with E-state index in [0.29, 0.717) is 5.88 Å². The summed E-state index contributed by atoms with van der Waals surface area (Å²) in [7, 11) is 0. The highest BCUT2D eigenvalue weighted by atomic mass is 35.5. The molecule has 0 bridgehead atoms.